The van der Waals surface area contributed by atoms with Crippen molar-refractivity contribution in [1.82, 2.24) is 0 Å². The summed E-state index contributed by atoms with van der Waals surface area (Å²) < 4.78 is 0. The molecule has 0 unspecified atom stereocenters. The predicted octanol–water partition coefficient (Wildman–Crippen LogP) is 2.41. The summed E-state index contributed by atoms with van der Waals surface area (Å²) in [6.07, 6.45) is 0. The van der Waals surface area contributed by atoms with Gasteiger partial charge in [0, 0.05) is 6.07 Å². The van der Waals surface area contributed by atoms with Crippen molar-refractivity contribution in [2.24, 2.45) is 0 Å². The number of phenolic OH excluding ortho intramolecular Hbond substituents is 1. The fourth-order valence-corrected chi connectivity index (χ4v) is 1.36. The molecule has 0 atom stereocenters. The van der Waals surface area contributed by atoms with Crippen molar-refractivity contribution < 1.29 is 19.7 Å². The van der Waals surface area contributed by atoms with Crippen molar-refractivity contribution in [3.8, 4) is 17.6 Å². The van der Waals surface area contributed by atoms with Gasteiger partial charge in [-0.1, -0.05) is 18.2 Å². The van der Waals surface area contributed by atoms with E-state index >= 15 is 0 Å². The molecule has 0 amide bonds. The highest BCUT2D eigenvalue weighted by Gasteiger charge is 2.09. The molecule has 0 heterocycles. The molecule has 1 N–H and O–H groups in total. The normalized spacial score (nSPS) is 9.42. The van der Waals surface area contributed by atoms with E-state index in [1.165, 1.54) is 18.2 Å². The van der Waals surface area contributed by atoms with E-state index < -0.39 is 5.97 Å². The molecule has 0 saturated heterocycles. The average molecular weight is 255 g/mol. The molecule has 0 radical (unpaired) electrons. The van der Waals surface area contributed by atoms with E-state index in [0.29, 0.717) is 5.56 Å². The molecule has 0 saturated carbocycles. The fourth-order valence-electron chi connectivity index (χ4n) is 1.36. The number of carbonyl (C=O) groups excluding carboxylic acids is 1. The number of nitrogens with zero attached hydrogens (tertiary/aromatic N) is 1. The van der Waals surface area contributed by atoms with Gasteiger partial charge >= 0.3 is 5.97 Å². The molecule has 0 spiro atoms. The zero-order chi connectivity index (χ0) is 13.7. The van der Waals surface area contributed by atoms with Gasteiger partial charge in [0.15, 0.2) is 5.75 Å². The second-order valence-corrected chi connectivity index (χ2v) is 3.61. The topological polar surface area (TPSA) is 79.5 Å². The molecule has 0 bridgehead atoms. The number of nitriles is 1. The van der Waals surface area contributed by atoms with Crippen LogP contribution in [0.2, 0.25) is 0 Å². The van der Waals surface area contributed by atoms with Gasteiger partial charge in [-0.3, -0.25) is 4.89 Å². The van der Waals surface area contributed by atoms with Crippen LogP contribution in [0.3, 0.4) is 0 Å². The average Bonchev–Trinajstić information content (AvgIpc) is 2.47. The third kappa shape index (κ3) is 3.01. The summed E-state index contributed by atoms with van der Waals surface area (Å²) in [5.41, 5.74) is 0.384. The van der Waals surface area contributed by atoms with Crippen LogP contribution >= 0.6 is 0 Å². The van der Waals surface area contributed by atoms with Crippen molar-refractivity contribution in [2.45, 2.75) is 0 Å². The number of carbonyl (C=O) groups is 1. The lowest BCUT2D eigenvalue weighted by atomic mass is 10.2. The minimum absolute atomic E-state index is 0.0354. The Morgan fingerprint density at radius 3 is 2.58 bits per heavy atom. The number of hydrogen-bond acceptors (Lipinski definition) is 5. The lowest BCUT2D eigenvalue weighted by molar-refractivity contribution is -0.149. The van der Waals surface area contributed by atoms with Crippen LogP contribution in [0.25, 0.3) is 0 Å². The second kappa shape index (κ2) is 5.56. The smallest absolute Gasteiger partial charge is 0.386 e. The predicted molar refractivity (Wildman–Crippen MR) is 65.3 cm³/mol. The summed E-state index contributed by atoms with van der Waals surface area (Å²) in [6.45, 7) is 0. The molecule has 0 aliphatic rings. The summed E-state index contributed by atoms with van der Waals surface area (Å²) in [6, 6.07) is 14.1. The van der Waals surface area contributed by atoms with Crippen LogP contribution in [-0.2, 0) is 4.89 Å². The monoisotopic (exact) mass is 255 g/mol. The standard InChI is InChI=1S/C14H9NO4/c15-9-11-8-12(6-7-13(11)16)18-19-14(17)10-4-2-1-3-5-10/h1-8,16H. The summed E-state index contributed by atoms with van der Waals surface area (Å²) >= 11 is 0. The van der Waals surface area contributed by atoms with Crippen LogP contribution in [0, 0.1) is 11.3 Å². The highest BCUT2D eigenvalue weighted by Crippen LogP contribution is 2.22. The van der Waals surface area contributed by atoms with Crippen molar-refractivity contribution in [1.29, 1.82) is 5.26 Å². The van der Waals surface area contributed by atoms with Crippen molar-refractivity contribution in [3.63, 3.8) is 0 Å². The van der Waals surface area contributed by atoms with Crippen LogP contribution in [0.4, 0.5) is 0 Å². The van der Waals surface area contributed by atoms with E-state index in [0.717, 1.165) is 0 Å². The summed E-state index contributed by atoms with van der Waals surface area (Å²) in [7, 11) is 0. The van der Waals surface area contributed by atoms with Gasteiger partial charge < -0.3 is 5.11 Å². The second-order valence-electron chi connectivity index (χ2n) is 3.61. The Kier molecular flexibility index (Phi) is 3.64. The van der Waals surface area contributed by atoms with E-state index in [1.807, 2.05) is 0 Å². The first-order valence-corrected chi connectivity index (χ1v) is 5.37. The Morgan fingerprint density at radius 2 is 1.89 bits per heavy atom. The van der Waals surface area contributed by atoms with Crippen molar-refractivity contribution in [3.05, 3.63) is 59.7 Å². The fraction of sp³-hybridized carbons (Fsp3) is 0. The van der Waals surface area contributed by atoms with Crippen LogP contribution in [0.15, 0.2) is 48.5 Å². The molecular weight excluding hydrogens is 246 g/mol. The van der Waals surface area contributed by atoms with Gasteiger partial charge in [0.05, 0.1) is 11.1 Å². The Balaban J connectivity index is 2.04. The first-order valence-electron chi connectivity index (χ1n) is 5.37. The molecule has 19 heavy (non-hydrogen) atoms. The van der Waals surface area contributed by atoms with Gasteiger partial charge in [-0.2, -0.15) is 5.26 Å². The van der Waals surface area contributed by atoms with Crippen LogP contribution in [-0.4, -0.2) is 11.1 Å². The van der Waals surface area contributed by atoms with Crippen molar-refractivity contribution >= 4 is 5.97 Å². The maximum Gasteiger partial charge on any atom is 0.386 e. The van der Waals surface area contributed by atoms with E-state index in [9.17, 15) is 9.90 Å². The van der Waals surface area contributed by atoms with Crippen molar-refractivity contribution in [2.75, 3.05) is 0 Å². The minimum atomic E-state index is -0.646. The molecular formula is C14H9NO4. The van der Waals surface area contributed by atoms with Crippen LogP contribution < -0.4 is 4.89 Å². The zero-order valence-corrected chi connectivity index (χ0v) is 9.74. The van der Waals surface area contributed by atoms with E-state index in [2.05, 4.69) is 4.89 Å². The number of rotatable bonds is 3. The third-order valence-corrected chi connectivity index (χ3v) is 2.31. The number of benzene rings is 2. The minimum Gasteiger partial charge on any atom is -0.507 e. The first-order chi connectivity index (χ1) is 9.20. The number of phenols is 1. The van der Waals surface area contributed by atoms with Gasteiger partial charge in [0.1, 0.15) is 11.8 Å². The van der Waals surface area contributed by atoms with E-state index in [1.54, 1.807) is 36.4 Å². The molecule has 0 fully saturated rings. The molecule has 94 valence electrons. The van der Waals surface area contributed by atoms with E-state index in [4.69, 9.17) is 10.1 Å². The summed E-state index contributed by atoms with van der Waals surface area (Å²) in [4.78, 5) is 21.0. The maximum atomic E-state index is 11.6. The number of hydrogen-bond donors (Lipinski definition) is 1. The van der Waals surface area contributed by atoms with Gasteiger partial charge in [-0.25, -0.2) is 9.68 Å². The first kappa shape index (κ1) is 12.5. The molecule has 5 nitrogen and oxygen atoms in total. The lowest BCUT2D eigenvalue weighted by Gasteiger charge is -2.05. The Labute approximate surface area is 109 Å². The zero-order valence-electron chi connectivity index (χ0n) is 9.74. The molecule has 2 aromatic rings. The third-order valence-electron chi connectivity index (χ3n) is 2.31. The molecule has 0 aromatic heterocycles. The van der Waals surface area contributed by atoms with Gasteiger partial charge in [-0.05, 0) is 24.3 Å². The molecule has 0 aliphatic carbocycles. The molecule has 5 heteroatoms. The summed E-state index contributed by atoms with van der Waals surface area (Å²) in [5, 5.41) is 18.0. The highest BCUT2D eigenvalue weighted by molar-refractivity contribution is 5.88. The van der Waals surface area contributed by atoms with Crippen LogP contribution in [0.1, 0.15) is 15.9 Å². The molecule has 0 aliphatic heterocycles. The van der Waals surface area contributed by atoms with E-state index in [-0.39, 0.29) is 17.1 Å². The Hall–Kier alpha value is -3.00. The Morgan fingerprint density at radius 1 is 1.16 bits per heavy atom. The summed E-state index contributed by atoms with van der Waals surface area (Å²) in [5.74, 6) is -0.657. The van der Waals surface area contributed by atoms with Gasteiger partial charge in [0.25, 0.3) is 0 Å². The highest BCUT2D eigenvalue weighted by atomic mass is 17.2. The molecule has 2 aromatic carbocycles. The maximum absolute atomic E-state index is 11.6. The SMILES string of the molecule is N#Cc1cc(OOC(=O)c2ccccc2)ccc1O. The number of aromatic hydroxyl groups is 1. The van der Waals surface area contributed by atoms with Gasteiger partial charge in [0.2, 0.25) is 0 Å². The Bertz CT molecular complexity index is 632. The largest absolute Gasteiger partial charge is 0.507 e. The van der Waals surface area contributed by atoms with Gasteiger partial charge in [-0.15, -0.1) is 0 Å². The molecule has 2 rings (SSSR count). The quantitative estimate of drug-likeness (QED) is 0.673. The van der Waals surface area contributed by atoms with Crippen LogP contribution in [0.5, 0.6) is 11.5 Å². The lowest BCUT2D eigenvalue weighted by Crippen LogP contribution is -2.08.